The van der Waals surface area contributed by atoms with E-state index in [1.807, 2.05) is 109 Å². The summed E-state index contributed by atoms with van der Waals surface area (Å²) >= 11 is 0. The van der Waals surface area contributed by atoms with E-state index in [1.165, 1.54) is 0 Å². The van der Waals surface area contributed by atoms with Crippen molar-refractivity contribution in [2.45, 2.75) is 0 Å². The van der Waals surface area contributed by atoms with Crippen molar-refractivity contribution in [2.24, 2.45) is 0 Å². The van der Waals surface area contributed by atoms with Crippen molar-refractivity contribution < 1.29 is 5.48 Å². The molecule has 0 unspecified atom stereocenters. The summed E-state index contributed by atoms with van der Waals surface area (Å²) in [6.07, 6.45) is 0. The van der Waals surface area contributed by atoms with Crippen LogP contribution in [0.3, 0.4) is 0 Å². The maximum atomic E-state index is 9.36. The molecule has 8 aromatic carbocycles. The second-order valence-electron chi connectivity index (χ2n) is 13.3. The molecule has 0 atom stereocenters. The number of para-hydroxylation sites is 1. The van der Waals surface area contributed by atoms with Crippen molar-refractivity contribution in [1.29, 1.82) is 0 Å². The van der Waals surface area contributed by atoms with Gasteiger partial charge in [0, 0.05) is 21.9 Å². The van der Waals surface area contributed by atoms with Gasteiger partial charge in [0.2, 0.25) is 5.95 Å². The van der Waals surface area contributed by atoms with E-state index < -0.39 is 0 Å². The summed E-state index contributed by atoms with van der Waals surface area (Å²) in [6.45, 7) is 0. The van der Waals surface area contributed by atoms with Crippen molar-refractivity contribution in [3.8, 4) is 73.2 Å². The number of hydrogen-bond donors (Lipinski definition) is 0. The van der Waals surface area contributed by atoms with Crippen LogP contribution in [-0.4, -0.2) is 19.5 Å². The van der Waals surface area contributed by atoms with E-state index in [0.29, 0.717) is 27.9 Å². The minimum absolute atomic E-state index is 0.128. The maximum Gasteiger partial charge on any atom is 0.238 e. The predicted molar refractivity (Wildman–Crippen MR) is 227 cm³/mol. The van der Waals surface area contributed by atoms with Crippen LogP contribution < -0.4 is 0 Å². The average Bonchev–Trinajstić information content (AvgIpc) is 3.67. The number of hydrogen-bond acceptors (Lipinski definition) is 3. The smallest absolute Gasteiger partial charge is 0.238 e. The first-order chi connectivity index (χ1) is 28.9. The Morgan fingerprint density at radius 2 is 0.800 bits per heavy atom. The molecule has 2 heterocycles. The Bertz CT molecular complexity index is 3070. The van der Waals surface area contributed by atoms with Crippen LogP contribution in [0.15, 0.2) is 206 Å². The van der Waals surface area contributed by atoms with Gasteiger partial charge in [-0.25, -0.2) is 4.98 Å². The van der Waals surface area contributed by atoms with Crippen LogP contribution in [0.4, 0.5) is 0 Å². The average molecular weight is 707 g/mol. The fourth-order valence-electron chi connectivity index (χ4n) is 7.39. The van der Waals surface area contributed by atoms with Gasteiger partial charge in [-0.2, -0.15) is 9.97 Å². The predicted octanol–water partition coefficient (Wildman–Crippen LogP) is 13.0. The third-order valence-corrected chi connectivity index (χ3v) is 10.1. The van der Waals surface area contributed by atoms with Crippen LogP contribution in [0.25, 0.3) is 95.0 Å². The summed E-state index contributed by atoms with van der Waals surface area (Å²) in [5, 5.41) is 1.08. The molecule has 0 saturated heterocycles. The molecule has 258 valence electrons. The first-order valence-electron chi connectivity index (χ1n) is 20.2. The quantitative estimate of drug-likeness (QED) is 0.166. The largest absolute Gasteiger partial charge is 0.278 e. The van der Waals surface area contributed by atoms with E-state index in [0.717, 1.165) is 55.6 Å². The van der Waals surface area contributed by atoms with Gasteiger partial charge in [-0.15, -0.1) is 0 Å². The zero-order valence-corrected chi connectivity index (χ0v) is 29.6. The summed E-state index contributed by atoms with van der Waals surface area (Å²) in [5.41, 5.74) is 10.6. The zero-order valence-electron chi connectivity index (χ0n) is 33.6. The van der Waals surface area contributed by atoms with E-state index in [4.69, 9.17) is 17.7 Å². The molecule has 0 N–H and O–H groups in total. The topological polar surface area (TPSA) is 43.6 Å². The Kier molecular flexibility index (Phi) is 7.08. The van der Waals surface area contributed by atoms with Crippen LogP contribution >= 0.6 is 0 Å². The molecule has 0 aliphatic carbocycles. The second-order valence-corrected chi connectivity index (χ2v) is 13.3. The number of fused-ring (bicyclic) bond motifs is 3. The Hall–Kier alpha value is -7.43. The van der Waals surface area contributed by atoms with Gasteiger partial charge in [-0.05, 0) is 56.6 Å². The molecule has 0 bridgehead atoms. The molecule has 10 aromatic rings. The van der Waals surface area contributed by atoms with Gasteiger partial charge in [0.1, 0.15) is 0 Å². The molecule has 4 nitrogen and oxygen atoms in total. The molecule has 0 saturated carbocycles. The van der Waals surface area contributed by atoms with E-state index in [2.05, 4.69) is 72.8 Å². The monoisotopic (exact) mass is 706 g/mol. The summed E-state index contributed by atoms with van der Waals surface area (Å²) in [4.78, 5) is 15.3. The molecule has 0 fully saturated rings. The van der Waals surface area contributed by atoms with E-state index in [9.17, 15) is 2.74 Å². The fourth-order valence-corrected chi connectivity index (χ4v) is 7.39. The van der Waals surface area contributed by atoms with Crippen LogP contribution in [-0.2, 0) is 0 Å². The fraction of sp³-hybridized carbons (Fsp3) is 0. The molecule has 10 rings (SSSR count). The van der Waals surface area contributed by atoms with Gasteiger partial charge < -0.3 is 0 Å². The minimum atomic E-state index is -0.333. The Morgan fingerprint density at radius 1 is 0.345 bits per heavy atom. The maximum absolute atomic E-state index is 9.36. The lowest BCUT2D eigenvalue weighted by Crippen LogP contribution is -2.06. The molecule has 0 radical (unpaired) electrons. The third-order valence-electron chi connectivity index (χ3n) is 10.1. The van der Waals surface area contributed by atoms with E-state index in [-0.39, 0.29) is 35.6 Å². The lowest BCUT2D eigenvalue weighted by molar-refractivity contribution is 0.953. The number of benzene rings is 8. The highest BCUT2D eigenvalue weighted by molar-refractivity contribution is 6.16. The van der Waals surface area contributed by atoms with Crippen LogP contribution in [0, 0.1) is 0 Å². The molecule has 0 aliphatic rings. The molecule has 55 heavy (non-hydrogen) atoms. The molecular weight excluding hydrogens is 669 g/mol. The first kappa shape index (κ1) is 28.1. The van der Waals surface area contributed by atoms with Gasteiger partial charge in [0.25, 0.3) is 0 Å². The van der Waals surface area contributed by atoms with Crippen molar-refractivity contribution >= 4 is 21.8 Å². The normalized spacial score (nSPS) is 12.3. The van der Waals surface area contributed by atoms with Gasteiger partial charge in [0.15, 0.2) is 11.6 Å². The van der Waals surface area contributed by atoms with Crippen LogP contribution in [0.1, 0.15) is 5.48 Å². The minimum Gasteiger partial charge on any atom is -0.278 e. The zero-order chi connectivity index (χ0) is 40.0. The standard InChI is InChI=1S/C51H34N4/c1-4-15-35(16-5-1)37-27-31-40(32-28-37)49-52-50(41-33-29-38(30-34-41)36-17-6-2-7-18-36)54-51(53-49)55-46-25-13-12-23-45(46)48-44(24-14-26-47(48)55)43-22-11-10-21-42(43)39-19-8-3-9-20-39/h1-34H/i12D,13D,23D,25D. The highest BCUT2D eigenvalue weighted by Crippen LogP contribution is 2.41. The summed E-state index contributed by atoms with van der Waals surface area (Å²) < 4.78 is 38.1. The Labute approximate surface area is 325 Å². The lowest BCUT2D eigenvalue weighted by atomic mass is 9.92. The van der Waals surface area contributed by atoms with Gasteiger partial charge in [-0.3, -0.25) is 4.57 Å². The van der Waals surface area contributed by atoms with Crippen molar-refractivity contribution in [1.82, 2.24) is 19.5 Å². The first-order valence-corrected chi connectivity index (χ1v) is 18.2. The van der Waals surface area contributed by atoms with Crippen LogP contribution in [0.5, 0.6) is 0 Å². The Morgan fingerprint density at radius 3 is 1.38 bits per heavy atom. The van der Waals surface area contributed by atoms with E-state index in [1.54, 1.807) is 4.57 Å². The summed E-state index contributed by atoms with van der Waals surface area (Å²) in [7, 11) is 0. The number of aromatic nitrogens is 4. The number of nitrogens with zero attached hydrogens (tertiary/aromatic N) is 4. The lowest BCUT2D eigenvalue weighted by Gasteiger charge is -2.13. The van der Waals surface area contributed by atoms with Gasteiger partial charge in [0.05, 0.1) is 16.5 Å². The van der Waals surface area contributed by atoms with E-state index >= 15 is 0 Å². The van der Waals surface area contributed by atoms with Crippen molar-refractivity contribution in [2.75, 3.05) is 0 Å². The summed E-state index contributed by atoms with van der Waals surface area (Å²) in [5.74, 6) is 1.10. The number of rotatable bonds is 7. The molecule has 0 amide bonds. The molecule has 0 spiro atoms. The molecular formula is C51H34N4. The molecule has 4 heteroatoms. The molecule has 0 aliphatic heterocycles. The van der Waals surface area contributed by atoms with Gasteiger partial charge >= 0.3 is 0 Å². The van der Waals surface area contributed by atoms with Crippen molar-refractivity contribution in [3.05, 3.63) is 206 Å². The molecule has 2 aromatic heterocycles. The Balaban J connectivity index is 1.24. The summed E-state index contributed by atoms with van der Waals surface area (Å²) in [6, 6.07) is 59.8. The SMILES string of the molecule is [2H]c1c([2H])c([2H])c2c(c1[2H])c1c(-c3ccccc3-c3ccccc3)cccc1n2-c1nc(-c2ccc(-c3ccccc3)cc2)nc(-c2ccc(-c3ccccc3)cc2)n1. The second kappa shape index (κ2) is 13.8. The third kappa shape index (κ3) is 5.96. The highest BCUT2D eigenvalue weighted by Gasteiger charge is 2.21. The van der Waals surface area contributed by atoms with Crippen LogP contribution in [0.2, 0.25) is 0 Å². The van der Waals surface area contributed by atoms with Crippen molar-refractivity contribution in [3.63, 3.8) is 0 Å². The highest BCUT2D eigenvalue weighted by atomic mass is 15.2. The van der Waals surface area contributed by atoms with Gasteiger partial charge in [-0.1, -0.05) is 194 Å².